The summed E-state index contributed by atoms with van der Waals surface area (Å²) in [7, 11) is 0. The third kappa shape index (κ3) is 2.43. The van der Waals surface area contributed by atoms with Crippen LogP contribution in [0.3, 0.4) is 0 Å². The van der Waals surface area contributed by atoms with Gasteiger partial charge in [0.1, 0.15) is 0 Å². The monoisotopic (exact) mass is 388 g/mol. The lowest BCUT2D eigenvalue weighted by atomic mass is 10.1. The normalized spacial score (nSPS) is 11.1. The quantitative estimate of drug-likeness (QED) is 0.490. The average Bonchev–Trinajstić information content (AvgIpc) is 3.13. The van der Waals surface area contributed by atoms with E-state index < -0.39 is 0 Å². The van der Waals surface area contributed by atoms with Crippen LogP contribution in [-0.2, 0) is 0 Å². The van der Waals surface area contributed by atoms with Crippen molar-refractivity contribution in [3.05, 3.63) is 57.2 Å². The van der Waals surface area contributed by atoms with Crippen LogP contribution in [-0.4, -0.2) is 10.9 Å². The van der Waals surface area contributed by atoms with Crippen molar-refractivity contribution in [2.24, 2.45) is 0 Å². The average molecular weight is 389 g/mol. The molecular formula is C16H9BrN2OS2. The number of carbonyl (C=O) groups is 1. The Balaban J connectivity index is 1.73. The molecule has 1 N–H and O–H groups in total. The van der Waals surface area contributed by atoms with Crippen molar-refractivity contribution in [3.8, 4) is 0 Å². The Kier molecular flexibility index (Phi) is 3.44. The van der Waals surface area contributed by atoms with Crippen LogP contribution in [0, 0.1) is 0 Å². The van der Waals surface area contributed by atoms with Crippen molar-refractivity contribution >= 4 is 70.6 Å². The van der Waals surface area contributed by atoms with Gasteiger partial charge in [-0.1, -0.05) is 41.7 Å². The minimum atomic E-state index is -0.126. The van der Waals surface area contributed by atoms with Crippen LogP contribution in [0.5, 0.6) is 0 Å². The number of rotatable bonds is 2. The number of hydrogen-bond donors (Lipinski definition) is 1. The lowest BCUT2D eigenvalue weighted by Gasteiger charge is -1.97. The first-order chi connectivity index (χ1) is 10.7. The van der Waals surface area contributed by atoms with Crippen molar-refractivity contribution in [2.45, 2.75) is 0 Å². The van der Waals surface area contributed by atoms with Gasteiger partial charge in [-0.3, -0.25) is 10.1 Å². The van der Waals surface area contributed by atoms with E-state index in [-0.39, 0.29) is 5.91 Å². The number of halogens is 1. The number of thiophene rings is 1. The van der Waals surface area contributed by atoms with Crippen molar-refractivity contribution in [1.82, 2.24) is 4.98 Å². The van der Waals surface area contributed by atoms with Gasteiger partial charge in [-0.25, -0.2) is 4.98 Å². The maximum Gasteiger partial charge on any atom is 0.267 e. The molecule has 0 atom stereocenters. The fraction of sp³-hybridized carbons (Fsp3) is 0. The van der Waals surface area contributed by atoms with E-state index in [9.17, 15) is 4.79 Å². The Bertz CT molecular complexity index is 1010. The zero-order chi connectivity index (χ0) is 15.1. The predicted octanol–water partition coefficient (Wildman–Crippen LogP) is 5.53. The number of nitrogens with zero attached hydrogens (tertiary/aromatic N) is 1. The highest BCUT2D eigenvalue weighted by atomic mass is 79.9. The summed E-state index contributed by atoms with van der Waals surface area (Å²) in [5, 5.41) is 5.85. The summed E-state index contributed by atoms with van der Waals surface area (Å²) in [5.74, 6) is -0.126. The van der Waals surface area contributed by atoms with E-state index >= 15 is 0 Å². The third-order valence-corrected chi connectivity index (χ3v) is 5.94. The highest BCUT2D eigenvalue weighted by Crippen LogP contribution is 2.33. The molecule has 4 rings (SSSR count). The summed E-state index contributed by atoms with van der Waals surface area (Å²) >= 11 is 6.28. The maximum absolute atomic E-state index is 12.2. The van der Waals surface area contributed by atoms with Crippen LogP contribution in [0.1, 0.15) is 9.67 Å². The van der Waals surface area contributed by atoms with Gasteiger partial charge in [-0.2, -0.15) is 0 Å². The number of fused-ring (bicyclic) bond motifs is 3. The van der Waals surface area contributed by atoms with Gasteiger partial charge in [0.2, 0.25) is 0 Å². The molecular weight excluding hydrogens is 380 g/mol. The lowest BCUT2D eigenvalue weighted by Crippen LogP contribution is -2.09. The Hall–Kier alpha value is -1.76. The molecule has 3 nitrogen and oxygen atoms in total. The van der Waals surface area contributed by atoms with Crippen molar-refractivity contribution in [2.75, 3.05) is 5.32 Å². The molecule has 0 bridgehead atoms. The first-order valence-corrected chi connectivity index (χ1v) is 8.98. The van der Waals surface area contributed by atoms with Crippen molar-refractivity contribution in [1.29, 1.82) is 0 Å². The van der Waals surface area contributed by atoms with E-state index in [0.29, 0.717) is 10.0 Å². The maximum atomic E-state index is 12.2. The van der Waals surface area contributed by atoms with Crippen LogP contribution in [0.15, 0.2) is 52.3 Å². The molecule has 0 saturated heterocycles. The van der Waals surface area contributed by atoms with Gasteiger partial charge in [-0.15, -0.1) is 11.3 Å². The lowest BCUT2D eigenvalue weighted by molar-refractivity contribution is 0.103. The van der Waals surface area contributed by atoms with E-state index in [1.165, 1.54) is 28.1 Å². The highest BCUT2D eigenvalue weighted by Gasteiger charge is 2.13. The molecule has 6 heteroatoms. The molecule has 108 valence electrons. The molecule has 2 aromatic heterocycles. The van der Waals surface area contributed by atoms with Gasteiger partial charge in [0.25, 0.3) is 5.91 Å². The Labute approximate surface area is 142 Å². The predicted molar refractivity (Wildman–Crippen MR) is 97.1 cm³/mol. The number of anilines is 1. The van der Waals surface area contributed by atoms with E-state index in [2.05, 4.69) is 44.4 Å². The number of nitrogens with one attached hydrogen (secondary N) is 1. The number of benzene rings is 2. The van der Waals surface area contributed by atoms with Crippen molar-refractivity contribution in [3.63, 3.8) is 0 Å². The number of carbonyl (C=O) groups excluding carboxylic acids is 1. The smallest absolute Gasteiger partial charge is 0.267 e. The summed E-state index contributed by atoms with van der Waals surface area (Å²) in [6.07, 6.45) is 0. The number of thiazole rings is 1. The molecule has 0 aliphatic rings. The van der Waals surface area contributed by atoms with Crippen LogP contribution < -0.4 is 5.32 Å². The molecule has 0 spiro atoms. The summed E-state index contributed by atoms with van der Waals surface area (Å²) in [5.41, 5.74) is 0.909. The second-order valence-corrected chi connectivity index (χ2v) is 8.17. The molecule has 2 aromatic carbocycles. The SMILES string of the molecule is O=C(Nc1nc2ccc3ccccc3c2s1)c1ccc(Br)s1. The first kappa shape index (κ1) is 13.9. The number of amides is 1. The van der Waals surface area contributed by atoms with Gasteiger partial charge in [-0.05, 0) is 39.5 Å². The Morgan fingerprint density at radius 1 is 1.05 bits per heavy atom. The van der Waals surface area contributed by atoms with Gasteiger partial charge in [0.15, 0.2) is 5.13 Å². The largest absolute Gasteiger partial charge is 0.297 e. The Morgan fingerprint density at radius 2 is 1.91 bits per heavy atom. The molecule has 0 saturated carbocycles. The Morgan fingerprint density at radius 3 is 2.73 bits per heavy atom. The minimum Gasteiger partial charge on any atom is -0.297 e. The molecule has 0 aliphatic heterocycles. The summed E-state index contributed by atoms with van der Waals surface area (Å²) in [6.45, 7) is 0. The fourth-order valence-electron chi connectivity index (χ4n) is 2.30. The van der Waals surface area contributed by atoms with Crippen LogP contribution >= 0.6 is 38.6 Å². The van der Waals surface area contributed by atoms with E-state index in [4.69, 9.17) is 0 Å². The summed E-state index contributed by atoms with van der Waals surface area (Å²) < 4.78 is 2.04. The molecule has 0 aliphatic carbocycles. The fourth-order valence-corrected chi connectivity index (χ4v) is 4.58. The minimum absolute atomic E-state index is 0.126. The highest BCUT2D eigenvalue weighted by molar-refractivity contribution is 9.11. The molecule has 2 heterocycles. The van der Waals surface area contributed by atoms with Gasteiger partial charge in [0, 0.05) is 5.39 Å². The summed E-state index contributed by atoms with van der Waals surface area (Å²) in [4.78, 5) is 17.4. The van der Waals surface area contributed by atoms with Gasteiger partial charge in [0.05, 0.1) is 18.9 Å². The standard InChI is InChI=1S/C16H9BrN2OS2/c17-13-8-7-12(21-13)15(20)19-16-18-11-6-5-9-3-1-2-4-10(9)14(11)22-16/h1-8H,(H,18,19,20). The second-order valence-electron chi connectivity index (χ2n) is 4.71. The molecule has 1 amide bonds. The van der Waals surface area contributed by atoms with Crippen LogP contribution in [0.4, 0.5) is 5.13 Å². The zero-order valence-corrected chi connectivity index (χ0v) is 14.4. The topological polar surface area (TPSA) is 42.0 Å². The second kappa shape index (κ2) is 5.46. The van der Waals surface area contributed by atoms with Gasteiger partial charge < -0.3 is 0 Å². The van der Waals surface area contributed by atoms with E-state index in [1.807, 2.05) is 24.3 Å². The van der Waals surface area contributed by atoms with Crippen molar-refractivity contribution < 1.29 is 4.79 Å². The first-order valence-electron chi connectivity index (χ1n) is 6.56. The third-order valence-electron chi connectivity index (χ3n) is 3.30. The molecule has 4 aromatic rings. The molecule has 0 unspecified atom stereocenters. The van der Waals surface area contributed by atoms with Crippen LogP contribution in [0.25, 0.3) is 21.0 Å². The van der Waals surface area contributed by atoms with Crippen LogP contribution in [0.2, 0.25) is 0 Å². The van der Waals surface area contributed by atoms with Gasteiger partial charge >= 0.3 is 0 Å². The zero-order valence-electron chi connectivity index (χ0n) is 11.2. The number of hydrogen-bond acceptors (Lipinski definition) is 4. The van der Waals surface area contributed by atoms with E-state index in [1.54, 1.807) is 6.07 Å². The molecule has 0 radical (unpaired) electrons. The van der Waals surface area contributed by atoms with E-state index in [0.717, 1.165) is 19.4 Å². The molecule has 0 fully saturated rings. The molecule has 22 heavy (non-hydrogen) atoms. The summed E-state index contributed by atoms with van der Waals surface area (Å²) in [6, 6.07) is 15.9. The number of aromatic nitrogens is 1.